The Kier molecular flexibility index (Phi) is 6.22. The van der Waals surface area contributed by atoms with E-state index in [1.54, 1.807) is 0 Å². The first-order valence-electron chi connectivity index (χ1n) is 6.51. The number of nitrogens with zero attached hydrogens (tertiary/aromatic N) is 3. The molecule has 0 aliphatic heterocycles. The molecule has 1 aromatic rings. The first kappa shape index (κ1) is 14.2. The fourth-order valence-electron chi connectivity index (χ4n) is 2.01. The van der Waals surface area contributed by atoms with Gasteiger partial charge in [-0.3, -0.25) is 4.68 Å². The molecule has 0 unspecified atom stereocenters. The Morgan fingerprint density at radius 1 is 1.41 bits per heavy atom. The molecular formula is C13H26N4. The maximum atomic E-state index is 5.58. The predicted molar refractivity (Wildman–Crippen MR) is 71.9 cm³/mol. The smallest absolute Gasteiger partial charge is 0.0522 e. The van der Waals surface area contributed by atoms with Gasteiger partial charge in [0.1, 0.15) is 0 Å². The molecule has 0 radical (unpaired) electrons. The summed E-state index contributed by atoms with van der Waals surface area (Å²) in [7, 11) is 1.96. The molecule has 1 rings (SSSR count). The van der Waals surface area contributed by atoms with E-state index in [0.717, 1.165) is 39.0 Å². The van der Waals surface area contributed by atoms with Crippen molar-refractivity contribution in [3.63, 3.8) is 0 Å². The highest BCUT2D eigenvalue weighted by Gasteiger charge is 2.07. The molecule has 0 saturated heterocycles. The van der Waals surface area contributed by atoms with E-state index in [1.807, 2.05) is 17.9 Å². The number of hydrogen-bond acceptors (Lipinski definition) is 3. The number of aromatic nitrogens is 2. The van der Waals surface area contributed by atoms with Gasteiger partial charge >= 0.3 is 0 Å². The van der Waals surface area contributed by atoms with Gasteiger partial charge in [0.05, 0.1) is 6.20 Å². The molecule has 98 valence electrons. The highest BCUT2D eigenvalue weighted by Crippen LogP contribution is 2.04. The van der Waals surface area contributed by atoms with Crippen LogP contribution in [0.2, 0.25) is 0 Å². The van der Waals surface area contributed by atoms with Crippen molar-refractivity contribution in [2.75, 3.05) is 26.2 Å². The van der Waals surface area contributed by atoms with E-state index in [2.05, 4.69) is 30.0 Å². The van der Waals surface area contributed by atoms with Crippen LogP contribution in [0.4, 0.5) is 0 Å². The van der Waals surface area contributed by atoms with Gasteiger partial charge in [0.2, 0.25) is 0 Å². The molecule has 0 spiro atoms. The van der Waals surface area contributed by atoms with E-state index in [9.17, 15) is 0 Å². The molecule has 4 heteroatoms. The lowest BCUT2D eigenvalue weighted by molar-refractivity contribution is 0.245. The lowest BCUT2D eigenvalue weighted by atomic mass is 10.1. The molecule has 0 atom stereocenters. The summed E-state index contributed by atoms with van der Waals surface area (Å²) in [4.78, 5) is 2.50. The minimum Gasteiger partial charge on any atom is -0.330 e. The summed E-state index contributed by atoms with van der Waals surface area (Å²) in [6.07, 6.45) is 6.21. The van der Waals surface area contributed by atoms with E-state index in [1.165, 1.54) is 5.56 Å². The molecule has 0 fully saturated rings. The first-order valence-corrected chi connectivity index (χ1v) is 6.51. The predicted octanol–water partition coefficient (Wildman–Crippen LogP) is 1.27. The minimum atomic E-state index is 0.710. The fourth-order valence-corrected chi connectivity index (χ4v) is 2.01. The first-order chi connectivity index (χ1) is 8.11. The summed E-state index contributed by atoms with van der Waals surface area (Å²) in [5, 5.41) is 4.20. The molecule has 0 aromatic carbocycles. The van der Waals surface area contributed by atoms with Crippen LogP contribution in [0.15, 0.2) is 12.4 Å². The Balaban J connectivity index is 2.36. The maximum absolute atomic E-state index is 5.58. The summed E-state index contributed by atoms with van der Waals surface area (Å²) in [6, 6.07) is 0. The zero-order chi connectivity index (χ0) is 12.7. The van der Waals surface area contributed by atoms with Crippen LogP contribution in [0, 0.1) is 5.92 Å². The second-order valence-corrected chi connectivity index (χ2v) is 5.11. The molecule has 1 heterocycles. The Morgan fingerprint density at radius 2 is 2.18 bits per heavy atom. The van der Waals surface area contributed by atoms with Gasteiger partial charge in [-0.2, -0.15) is 5.10 Å². The van der Waals surface area contributed by atoms with Crippen molar-refractivity contribution in [1.29, 1.82) is 0 Å². The van der Waals surface area contributed by atoms with E-state index >= 15 is 0 Å². The van der Waals surface area contributed by atoms with Crippen LogP contribution in [-0.2, 0) is 13.5 Å². The van der Waals surface area contributed by atoms with Crippen molar-refractivity contribution < 1.29 is 0 Å². The average Bonchev–Trinajstić information content (AvgIpc) is 2.68. The third-order valence-corrected chi connectivity index (χ3v) is 2.78. The molecular weight excluding hydrogens is 212 g/mol. The number of aryl methyl sites for hydroxylation is 1. The highest BCUT2D eigenvalue weighted by atomic mass is 15.2. The molecule has 0 saturated carbocycles. The SMILES string of the molecule is CC(C)CN(CCCN)CCc1cnn(C)c1. The van der Waals surface area contributed by atoms with Gasteiger partial charge in [-0.15, -0.1) is 0 Å². The minimum absolute atomic E-state index is 0.710. The third-order valence-electron chi connectivity index (χ3n) is 2.78. The van der Waals surface area contributed by atoms with Crippen molar-refractivity contribution in [1.82, 2.24) is 14.7 Å². The van der Waals surface area contributed by atoms with Gasteiger partial charge in [-0.05, 0) is 37.4 Å². The zero-order valence-electron chi connectivity index (χ0n) is 11.4. The lowest BCUT2D eigenvalue weighted by Gasteiger charge is -2.23. The van der Waals surface area contributed by atoms with Crippen molar-refractivity contribution in [2.24, 2.45) is 18.7 Å². The molecule has 17 heavy (non-hydrogen) atoms. The average molecular weight is 238 g/mol. The van der Waals surface area contributed by atoms with Gasteiger partial charge in [0, 0.05) is 26.3 Å². The summed E-state index contributed by atoms with van der Waals surface area (Å²) >= 11 is 0. The van der Waals surface area contributed by atoms with E-state index in [-0.39, 0.29) is 0 Å². The Morgan fingerprint density at radius 3 is 2.71 bits per heavy atom. The zero-order valence-corrected chi connectivity index (χ0v) is 11.4. The maximum Gasteiger partial charge on any atom is 0.0522 e. The van der Waals surface area contributed by atoms with E-state index in [4.69, 9.17) is 5.73 Å². The summed E-state index contributed by atoms with van der Waals surface area (Å²) in [5.74, 6) is 0.710. The standard InChI is InChI=1S/C13H26N4/c1-12(2)10-17(7-4-6-14)8-5-13-9-15-16(3)11-13/h9,11-12H,4-8,10,14H2,1-3H3. The van der Waals surface area contributed by atoms with Crippen LogP contribution in [-0.4, -0.2) is 40.9 Å². The van der Waals surface area contributed by atoms with Crippen molar-refractivity contribution in [3.8, 4) is 0 Å². The monoisotopic (exact) mass is 238 g/mol. The lowest BCUT2D eigenvalue weighted by Crippen LogP contribution is -2.31. The molecule has 0 aliphatic carbocycles. The molecule has 4 nitrogen and oxygen atoms in total. The second-order valence-electron chi connectivity index (χ2n) is 5.11. The normalized spacial score (nSPS) is 11.6. The van der Waals surface area contributed by atoms with Crippen LogP contribution in [0.25, 0.3) is 0 Å². The Bertz CT molecular complexity index is 306. The number of rotatable bonds is 8. The molecule has 2 N–H and O–H groups in total. The van der Waals surface area contributed by atoms with Gasteiger partial charge < -0.3 is 10.6 Å². The summed E-state index contributed by atoms with van der Waals surface area (Å²) in [6.45, 7) is 8.67. The van der Waals surface area contributed by atoms with Crippen molar-refractivity contribution in [3.05, 3.63) is 18.0 Å². The summed E-state index contributed by atoms with van der Waals surface area (Å²) in [5.41, 5.74) is 6.89. The summed E-state index contributed by atoms with van der Waals surface area (Å²) < 4.78 is 1.86. The second kappa shape index (κ2) is 7.45. The quantitative estimate of drug-likeness (QED) is 0.742. The molecule has 0 amide bonds. The topological polar surface area (TPSA) is 47.1 Å². The third kappa shape index (κ3) is 5.84. The van der Waals surface area contributed by atoms with Crippen LogP contribution < -0.4 is 5.73 Å². The molecule has 1 aromatic heterocycles. The van der Waals surface area contributed by atoms with Crippen LogP contribution >= 0.6 is 0 Å². The van der Waals surface area contributed by atoms with Crippen LogP contribution in [0.1, 0.15) is 25.8 Å². The molecule has 0 bridgehead atoms. The van der Waals surface area contributed by atoms with Crippen molar-refractivity contribution in [2.45, 2.75) is 26.7 Å². The van der Waals surface area contributed by atoms with Gasteiger partial charge in [-0.25, -0.2) is 0 Å². The van der Waals surface area contributed by atoms with E-state index < -0.39 is 0 Å². The Labute approximate surface area is 105 Å². The van der Waals surface area contributed by atoms with Crippen LogP contribution in [0.5, 0.6) is 0 Å². The highest BCUT2D eigenvalue weighted by molar-refractivity contribution is 5.03. The van der Waals surface area contributed by atoms with Gasteiger partial charge in [0.25, 0.3) is 0 Å². The van der Waals surface area contributed by atoms with Gasteiger partial charge in [-0.1, -0.05) is 13.8 Å². The van der Waals surface area contributed by atoms with Crippen molar-refractivity contribution >= 4 is 0 Å². The molecule has 0 aliphatic rings. The number of hydrogen-bond donors (Lipinski definition) is 1. The fraction of sp³-hybridized carbons (Fsp3) is 0.769. The van der Waals surface area contributed by atoms with Crippen LogP contribution in [0.3, 0.4) is 0 Å². The van der Waals surface area contributed by atoms with Gasteiger partial charge in [0.15, 0.2) is 0 Å². The number of nitrogens with two attached hydrogens (primary N) is 1. The van der Waals surface area contributed by atoms with E-state index in [0.29, 0.717) is 5.92 Å². The Hall–Kier alpha value is -0.870. The largest absolute Gasteiger partial charge is 0.330 e.